The van der Waals surface area contributed by atoms with Crippen LogP contribution in [0.2, 0.25) is 0 Å². The molecule has 0 radical (unpaired) electrons. The minimum atomic E-state index is -0.128. The average molecular weight is 252 g/mol. The minimum absolute atomic E-state index is 0.128. The predicted octanol–water partition coefficient (Wildman–Crippen LogP) is 5.40. The Morgan fingerprint density at radius 3 is 1.50 bits per heavy atom. The summed E-state index contributed by atoms with van der Waals surface area (Å²) in [5.41, 5.74) is 0. The first-order valence-electron chi connectivity index (χ1n) is 7.79. The maximum Gasteiger partial charge on any atom is 0.0546 e. The summed E-state index contributed by atoms with van der Waals surface area (Å²) in [6, 6.07) is 0. The van der Waals surface area contributed by atoms with Crippen LogP contribution in [0.4, 0.5) is 0 Å². The predicted molar refractivity (Wildman–Crippen MR) is 81.8 cm³/mol. The van der Waals surface area contributed by atoms with E-state index in [0.717, 1.165) is 25.7 Å². The number of rotatable bonds is 12. The standard InChI is InChI=1S/C17H32O/c1-3-5-7-9-11-13-15-17(18)16-14-12-10-8-6-4-2/h9-12,17-18H,3-8,13-16H2,1-2H3/b11-9-,12-10-. The smallest absolute Gasteiger partial charge is 0.0546 e. The molecule has 0 unspecified atom stereocenters. The van der Waals surface area contributed by atoms with Gasteiger partial charge in [0, 0.05) is 0 Å². The van der Waals surface area contributed by atoms with Gasteiger partial charge in [-0.2, -0.15) is 0 Å². The largest absolute Gasteiger partial charge is 0.393 e. The van der Waals surface area contributed by atoms with Crippen molar-refractivity contribution < 1.29 is 5.11 Å². The van der Waals surface area contributed by atoms with E-state index in [-0.39, 0.29) is 6.10 Å². The van der Waals surface area contributed by atoms with Gasteiger partial charge in [-0.25, -0.2) is 0 Å². The van der Waals surface area contributed by atoms with Crippen molar-refractivity contribution in [2.75, 3.05) is 0 Å². The number of aliphatic hydroxyl groups excluding tert-OH is 1. The van der Waals surface area contributed by atoms with E-state index in [2.05, 4.69) is 38.2 Å². The molecule has 1 N–H and O–H groups in total. The normalized spacial score (nSPS) is 12.2. The van der Waals surface area contributed by atoms with Gasteiger partial charge in [0.2, 0.25) is 0 Å². The van der Waals surface area contributed by atoms with Gasteiger partial charge in [0.25, 0.3) is 0 Å². The summed E-state index contributed by atoms with van der Waals surface area (Å²) >= 11 is 0. The summed E-state index contributed by atoms with van der Waals surface area (Å²) < 4.78 is 0. The molecular weight excluding hydrogens is 220 g/mol. The number of aliphatic hydroxyl groups is 1. The van der Waals surface area contributed by atoms with Gasteiger partial charge in [0.15, 0.2) is 0 Å². The molecule has 0 aliphatic heterocycles. The van der Waals surface area contributed by atoms with Crippen LogP contribution in [-0.4, -0.2) is 11.2 Å². The number of allylic oxidation sites excluding steroid dienone is 4. The summed E-state index contributed by atoms with van der Waals surface area (Å²) in [5.74, 6) is 0. The summed E-state index contributed by atoms with van der Waals surface area (Å²) in [6.07, 6.45) is 20.1. The fourth-order valence-corrected chi connectivity index (χ4v) is 1.84. The Hall–Kier alpha value is -0.560. The van der Waals surface area contributed by atoms with Crippen LogP contribution in [0.5, 0.6) is 0 Å². The van der Waals surface area contributed by atoms with Gasteiger partial charge < -0.3 is 5.11 Å². The Bertz CT molecular complexity index is 184. The maximum atomic E-state index is 9.79. The van der Waals surface area contributed by atoms with Crippen LogP contribution in [0.25, 0.3) is 0 Å². The Morgan fingerprint density at radius 1 is 0.722 bits per heavy atom. The molecule has 0 aromatic carbocycles. The van der Waals surface area contributed by atoms with Crippen molar-refractivity contribution in [2.24, 2.45) is 0 Å². The molecule has 0 fully saturated rings. The average Bonchev–Trinajstić information content (AvgIpc) is 2.38. The Balaban J connectivity index is 3.34. The van der Waals surface area contributed by atoms with Crippen LogP contribution in [-0.2, 0) is 0 Å². The van der Waals surface area contributed by atoms with E-state index in [4.69, 9.17) is 0 Å². The summed E-state index contributed by atoms with van der Waals surface area (Å²) in [5, 5.41) is 9.79. The minimum Gasteiger partial charge on any atom is -0.393 e. The zero-order valence-electron chi connectivity index (χ0n) is 12.4. The second-order valence-electron chi connectivity index (χ2n) is 5.04. The van der Waals surface area contributed by atoms with Gasteiger partial charge in [-0.3, -0.25) is 0 Å². The first-order chi connectivity index (χ1) is 8.81. The molecular formula is C17H32O. The van der Waals surface area contributed by atoms with Gasteiger partial charge >= 0.3 is 0 Å². The molecule has 18 heavy (non-hydrogen) atoms. The van der Waals surface area contributed by atoms with Crippen molar-refractivity contribution in [1.29, 1.82) is 0 Å². The molecule has 0 aliphatic rings. The first-order valence-corrected chi connectivity index (χ1v) is 7.79. The highest BCUT2D eigenvalue weighted by atomic mass is 16.3. The molecule has 0 aromatic rings. The third-order valence-corrected chi connectivity index (χ3v) is 3.12. The molecule has 1 heteroatoms. The Labute approximate surface area is 114 Å². The molecule has 0 rings (SSSR count). The highest BCUT2D eigenvalue weighted by Gasteiger charge is 2.00. The van der Waals surface area contributed by atoms with E-state index in [1.807, 2.05) is 0 Å². The van der Waals surface area contributed by atoms with Gasteiger partial charge in [0.1, 0.15) is 0 Å². The molecule has 1 nitrogen and oxygen atoms in total. The van der Waals surface area contributed by atoms with Crippen molar-refractivity contribution in [1.82, 2.24) is 0 Å². The number of hydrogen-bond acceptors (Lipinski definition) is 1. The Morgan fingerprint density at radius 2 is 1.11 bits per heavy atom. The van der Waals surface area contributed by atoms with Crippen molar-refractivity contribution >= 4 is 0 Å². The monoisotopic (exact) mass is 252 g/mol. The molecule has 0 amide bonds. The third-order valence-electron chi connectivity index (χ3n) is 3.12. The first kappa shape index (κ1) is 17.4. The molecule has 0 aliphatic carbocycles. The third kappa shape index (κ3) is 13.5. The highest BCUT2D eigenvalue weighted by Crippen LogP contribution is 2.07. The lowest BCUT2D eigenvalue weighted by atomic mass is 10.1. The quantitative estimate of drug-likeness (QED) is 0.364. The van der Waals surface area contributed by atoms with Crippen LogP contribution >= 0.6 is 0 Å². The fourth-order valence-electron chi connectivity index (χ4n) is 1.84. The van der Waals surface area contributed by atoms with Gasteiger partial charge in [-0.1, -0.05) is 63.8 Å². The highest BCUT2D eigenvalue weighted by molar-refractivity contribution is 4.84. The second-order valence-corrected chi connectivity index (χ2v) is 5.04. The van der Waals surface area contributed by atoms with Crippen LogP contribution in [0.1, 0.15) is 78.1 Å². The van der Waals surface area contributed by atoms with Crippen LogP contribution in [0.3, 0.4) is 0 Å². The summed E-state index contributed by atoms with van der Waals surface area (Å²) in [7, 11) is 0. The van der Waals surface area contributed by atoms with Gasteiger partial charge in [-0.05, 0) is 38.5 Å². The van der Waals surface area contributed by atoms with Crippen molar-refractivity contribution in [2.45, 2.75) is 84.2 Å². The molecule has 0 saturated heterocycles. The number of hydrogen-bond donors (Lipinski definition) is 1. The van der Waals surface area contributed by atoms with E-state index < -0.39 is 0 Å². The molecule has 0 heterocycles. The van der Waals surface area contributed by atoms with Crippen molar-refractivity contribution in [3.8, 4) is 0 Å². The zero-order chi connectivity index (χ0) is 13.5. The SMILES string of the molecule is CCCC/C=C\CCC(O)CC/C=C\CCCC. The maximum absolute atomic E-state index is 9.79. The number of unbranched alkanes of at least 4 members (excludes halogenated alkanes) is 4. The molecule has 0 spiro atoms. The molecule has 0 aromatic heterocycles. The van der Waals surface area contributed by atoms with Crippen molar-refractivity contribution in [3.63, 3.8) is 0 Å². The molecule has 0 atom stereocenters. The fraction of sp³-hybridized carbons (Fsp3) is 0.765. The lowest BCUT2D eigenvalue weighted by molar-refractivity contribution is 0.157. The van der Waals surface area contributed by atoms with Crippen LogP contribution in [0.15, 0.2) is 24.3 Å². The van der Waals surface area contributed by atoms with E-state index >= 15 is 0 Å². The van der Waals surface area contributed by atoms with Crippen LogP contribution < -0.4 is 0 Å². The van der Waals surface area contributed by atoms with E-state index in [1.54, 1.807) is 0 Å². The Kier molecular flexibility index (Phi) is 14.0. The second kappa shape index (κ2) is 14.5. The molecule has 0 bridgehead atoms. The summed E-state index contributed by atoms with van der Waals surface area (Å²) in [6.45, 7) is 4.43. The van der Waals surface area contributed by atoms with Crippen LogP contribution in [0, 0.1) is 0 Å². The van der Waals surface area contributed by atoms with E-state index in [0.29, 0.717) is 0 Å². The van der Waals surface area contributed by atoms with Gasteiger partial charge in [-0.15, -0.1) is 0 Å². The summed E-state index contributed by atoms with van der Waals surface area (Å²) in [4.78, 5) is 0. The molecule has 106 valence electrons. The van der Waals surface area contributed by atoms with E-state index in [9.17, 15) is 5.11 Å². The lowest BCUT2D eigenvalue weighted by Crippen LogP contribution is -2.04. The van der Waals surface area contributed by atoms with Crippen molar-refractivity contribution in [3.05, 3.63) is 24.3 Å². The van der Waals surface area contributed by atoms with Gasteiger partial charge in [0.05, 0.1) is 6.10 Å². The topological polar surface area (TPSA) is 20.2 Å². The molecule has 0 saturated carbocycles. The van der Waals surface area contributed by atoms with E-state index in [1.165, 1.54) is 38.5 Å². The lowest BCUT2D eigenvalue weighted by Gasteiger charge is -2.06. The zero-order valence-corrected chi connectivity index (χ0v) is 12.4.